The third-order valence-electron chi connectivity index (χ3n) is 3.51. The summed E-state index contributed by atoms with van der Waals surface area (Å²) in [4.78, 5) is 11.4. The van der Waals surface area contributed by atoms with Crippen LogP contribution < -0.4 is 11.5 Å². The van der Waals surface area contributed by atoms with Crippen molar-refractivity contribution in [2.75, 3.05) is 13.1 Å². The molecule has 114 valence electrons. The molecule has 0 aliphatic carbocycles. The Morgan fingerprint density at radius 3 is 2.67 bits per heavy atom. The van der Waals surface area contributed by atoms with Gasteiger partial charge in [0.15, 0.2) is 0 Å². The van der Waals surface area contributed by atoms with Gasteiger partial charge in [0, 0.05) is 18.7 Å². The Balaban J connectivity index is 2.13. The molecule has 0 aromatic heterocycles. The molecule has 1 aliphatic rings. The van der Waals surface area contributed by atoms with E-state index in [1.54, 1.807) is 24.3 Å². The predicted molar refractivity (Wildman–Crippen MR) is 83.8 cm³/mol. The number of carbonyl (C=O) groups is 1. The highest BCUT2D eigenvalue weighted by molar-refractivity contribution is 7.88. The van der Waals surface area contributed by atoms with Crippen molar-refractivity contribution in [2.45, 2.75) is 12.2 Å². The summed E-state index contributed by atoms with van der Waals surface area (Å²) in [5.41, 5.74) is 12.0. The number of nitrogens with zero attached hydrogens (tertiary/aromatic N) is 1. The quantitative estimate of drug-likeness (QED) is 0.738. The molecule has 2 rings (SSSR count). The van der Waals surface area contributed by atoms with Crippen molar-refractivity contribution >= 4 is 33.1 Å². The van der Waals surface area contributed by atoms with E-state index in [9.17, 15) is 13.2 Å². The van der Waals surface area contributed by atoms with Crippen molar-refractivity contribution in [1.29, 1.82) is 0 Å². The Labute approximate surface area is 129 Å². The predicted octanol–water partition coefficient (Wildman–Crippen LogP) is -0.0422. The number of benzene rings is 1. The van der Waals surface area contributed by atoms with E-state index in [0.717, 1.165) is 0 Å². The molecule has 0 bridgehead atoms. The summed E-state index contributed by atoms with van der Waals surface area (Å²) >= 11 is 4.88. The average Bonchev–Trinajstić information content (AvgIpc) is 2.89. The van der Waals surface area contributed by atoms with E-state index in [4.69, 9.17) is 23.7 Å². The van der Waals surface area contributed by atoms with Crippen LogP contribution in [0.4, 0.5) is 0 Å². The number of hydrogen-bond donors (Lipinski definition) is 2. The zero-order valence-electron chi connectivity index (χ0n) is 11.4. The fraction of sp³-hybridized carbons (Fsp3) is 0.385. The highest BCUT2D eigenvalue weighted by Crippen LogP contribution is 2.21. The molecule has 1 atom stereocenters. The number of thiocarbonyl (C=S) groups is 1. The van der Waals surface area contributed by atoms with Gasteiger partial charge in [-0.05, 0) is 18.1 Å². The van der Waals surface area contributed by atoms with Crippen molar-refractivity contribution in [3.8, 4) is 0 Å². The first-order chi connectivity index (χ1) is 9.79. The van der Waals surface area contributed by atoms with Crippen LogP contribution in [0.2, 0.25) is 0 Å². The standard InChI is InChI=1S/C13H17N3O3S2/c14-12(17)11-4-5-16(7-11)21(18,19)8-9-2-1-3-10(6-9)13(15)20/h1-3,6,11H,4-5,7-8H2,(H2,14,17)(H2,15,20). The summed E-state index contributed by atoms with van der Waals surface area (Å²) in [7, 11) is -3.48. The lowest BCUT2D eigenvalue weighted by Crippen LogP contribution is -2.32. The number of sulfonamides is 1. The molecule has 1 fully saturated rings. The summed E-state index contributed by atoms with van der Waals surface area (Å²) in [6.45, 7) is 0.484. The molecule has 1 saturated heterocycles. The minimum absolute atomic E-state index is 0.144. The first-order valence-corrected chi connectivity index (χ1v) is 8.47. The minimum Gasteiger partial charge on any atom is -0.389 e. The summed E-state index contributed by atoms with van der Waals surface area (Å²) in [6, 6.07) is 6.83. The molecule has 1 heterocycles. The van der Waals surface area contributed by atoms with Gasteiger partial charge in [-0.1, -0.05) is 30.4 Å². The third-order valence-corrected chi connectivity index (χ3v) is 5.56. The number of amides is 1. The van der Waals surface area contributed by atoms with E-state index in [0.29, 0.717) is 24.1 Å². The third kappa shape index (κ3) is 3.78. The topological polar surface area (TPSA) is 106 Å². The van der Waals surface area contributed by atoms with Gasteiger partial charge in [-0.2, -0.15) is 0 Å². The van der Waals surface area contributed by atoms with Crippen LogP contribution >= 0.6 is 12.2 Å². The van der Waals surface area contributed by atoms with Crippen LogP contribution in [0.1, 0.15) is 17.5 Å². The maximum absolute atomic E-state index is 12.4. The zero-order valence-corrected chi connectivity index (χ0v) is 13.0. The molecule has 1 amide bonds. The molecule has 6 nitrogen and oxygen atoms in total. The van der Waals surface area contributed by atoms with Crippen LogP contribution in [0.5, 0.6) is 0 Å². The van der Waals surface area contributed by atoms with Crippen molar-refractivity contribution in [1.82, 2.24) is 4.31 Å². The Morgan fingerprint density at radius 1 is 1.38 bits per heavy atom. The maximum Gasteiger partial charge on any atom is 0.221 e. The fourth-order valence-corrected chi connectivity index (χ4v) is 4.03. The SMILES string of the molecule is NC(=O)C1CCN(S(=O)(=O)Cc2cccc(C(N)=S)c2)C1. The highest BCUT2D eigenvalue weighted by atomic mass is 32.2. The molecule has 0 radical (unpaired) electrons. The number of primary amides is 1. The van der Waals surface area contributed by atoms with Crippen molar-refractivity contribution < 1.29 is 13.2 Å². The Morgan fingerprint density at radius 2 is 2.10 bits per heavy atom. The van der Waals surface area contributed by atoms with Gasteiger partial charge in [0.05, 0.1) is 11.7 Å². The monoisotopic (exact) mass is 327 g/mol. The molecule has 1 unspecified atom stereocenters. The van der Waals surface area contributed by atoms with E-state index < -0.39 is 21.8 Å². The summed E-state index contributed by atoms with van der Waals surface area (Å²) in [6.07, 6.45) is 0.474. The van der Waals surface area contributed by atoms with E-state index >= 15 is 0 Å². The normalized spacial score (nSPS) is 19.5. The average molecular weight is 327 g/mol. The molecule has 0 saturated carbocycles. The van der Waals surface area contributed by atoms with Crippen LogP contribution in [0.3, 0.4) is 0 Å². The smallest absolute Gasteiger partial charge is 0.221 e. The van der Waals surface area contributed by atoms with Crippen LogP contribution in [0.15, 0.2) is 24.3 Å². The molecule has 4 N–H and O–H groups in total. The lowest BCUT2D eigenvalue weighted by molar-refractivity contribution is -0.121. The zero-order chi connectivity index (χ0) is 15.6. The summed E-state index contributed by atoms with van der Waals surface area (Å²) in [5.74, 6) is -1.000. The Kier molecular flexibility index (Phi) is 4.60. The maximum atomic E-state index is 12.4. The Hall–Kier alpha value is -1.51. The molecular formula is C13H17N3O3S2. The van der Waals surface area contributed by atoms with Crippen molar-refractivity contribution in [3.63, 3.8) is 0 Å². The van der Waals surface area contributed by atoms with Gasteiger partial charge in [0.25, 0.3) is 0 Å². The van der Waals surface area contributed by atoms with E-state index in [-0.39, 0.29) is 17.3 Å². The molecular weight excluding hydrogens is 310 g/mol. The van der Waals surface area contributed by atoms with E-state index in [1.807, 2.05) is 0 Å². The van der Waals surface area contributed by atoms with Crippen LogP contribution in [0, 0.1) is 5.92 Å². The number of carbonyl (C=O) groups excluding carboxylic acids is 1. The fourth-order valence-electron chi connectivity index (χ4n) is 2.33. The van der Waals surface area contributed by atoms with E-state index in [1.165, 1.54) is 4.31 Å². The van der Waals surface area contributed by atoms with Gasteiger partial charge < -0.3 is 11.5 Å². The lowest BCUT2D eigenvalue weighted by atomic mass is 10.1. The number of rotatable bonds is 5. The van der Waals surface area contributed by atoms with Crippen molar-refractivity contribution in [2.24, 2.45) is 17.4 Å². The lowest BCUT2D eigenvalue weighted by Gasteiger charge is -2.16. The van der Waals surface area contributed by atoms with Crippen LogP contribution in [-0.4, -0.2) is 36.7 Å². The minimum atomic E-state index is -3.48. The highest BCUT2D eigenvalue weighted by Gasteiger charge is 2.33. The first kappa shape index (κ1) is 15.9. The van der Waals surface area contributed by atoms with Crippen LogP contribution in [0.25, 0.3) is 0 Å². The van der Waals surface area contributed by atoms with Crippen LogP contribution in [-0.2, 0) is 20.6 Å². The Bertz CT molecular complexity index is 673. The largest absolute Gasteiger partial charge is 0.389 e. The second-order valence-electron chi connectivity index (χ2n) is 5.07. The van der Waals surface area contributed by atoms with Gasteiger partial charge in [-0.15, -0.1) is 0 Å². The van der Waals surface area contributed by atoms with Gasteiger partial charge in [0.1, 0.15) is 4.99 Å². The summed E-state index contributed by atoms with van der Waals surface area (Å²) < 4.78 is 26.0. The van der Waals surface area contributed by atoms with Crippen molar-refractivity contribution in [3.05, 3.63) is 35.4 Å². The first-order valence-electron chi connectivity index (χ1n) is 6.45. The molecule has 1 aliphatic heterocycles. The molecule has 21 heavy (non-hydrogen) atoms. The van der Waals surface area contributed by atoms with Gasteiger partial charge >= 0.3 is 0 Å². The second kappa shape index (κ2) is 6.08. The molecule has 8 heteroatoms. The van der Waals surface area contributed by atoms with Gasteiger partial charge in [-0.25, -0.2) is 12.7 Å². The molecule has 1 aromatic carbocycles. The van der Waals surface area contributed by atoms with Gasteiger partial charge in [0.2, 0.25) is 15.9 Å². The van der Waals surface area contributed by atoms with Gasteiger partial charge in [-0.3, -0.25) is 4.79 Å². The molecule has 1 aromatic rings. The summed E-state index contributed by atoms with van der Waals surface area (Å²) in [5, 5.41) is 0. The van der Waals surface area contributed by atoms with E-state index in [2.05, 4.69) is 0 Å². The number of hydrogen-bond acceptors (Lipinski definition) is 4. The molecule has 0 spiro atoms. The number of nitrogens with two attached hydrogens (primary N) is 2. The second-order valence-corrected chi connectivity index (χ2v) is 7.48.